The minimum absolute atomic E-state index is 0.0997. The average Bonchev–Trinajstić information content (AvgIpc) is 2.69. The number of nitrogens with one attached hydrogen (secondary N) is 3. The van der Waals surface area contributed by atoms with Gasteiger partial charge in [-0.2, -0.15) is 0 Å². The number of amides is 1. The Morgan fingerprint density at radius 3 is 2.47 bits per heavy atom. The first-order valence-corrected chi connectivity index (χ1v) is 9.04. The molecule has 2 aromatic heterocycles. The molecule has 3 N–H and O–H groups in total. The zero-order valence-electron chi connectivity index (χ0n) is 16.3. The molecule has 156 valence electrons. The van der Waals surface area contributed by atoms with Crippen LogP contribution in [0.3, 0.4) is 0 Å². The quantitative estimate of drug-likeness (QED) is 0.403. The van der Waals surface area contributed by atoms with E-state index in [0.29, 0.717) is 29.3 Å². The smallest absolute Gasteiger partial charge is 0.254 e. The first kappa shape index (κ1) is 21.0. The second-order valence-corrected chi connectivity index (χ2v) is 6.43. The maximum Gasteiger partial charge on any atom is 0.254 e. The summed E-state index contributed by atoms with van der Waals surface area (Å²) in [5.74, 6) is -3.20. The Balaban J connectivity index is 1.56. The lowest BCUT2D eigenvalue weighted by molar-refractivity contribution is 0.0950. The van der Waals surface area contributed by atoms with Crippen molar-refractivity contribution in [2.45, 2.75) is 13.8 Å². The molecule has 2 heterocycles. The number of benzene rings is 1. The summed E-state index contributed by atoms with van der Waals surface area (Å²) in [6.45, 7) is 4.04. The van der Waals surface area contributed by atoms with Gasteiger partial charge in [0.2, 0.25) is 0 Å². The van der Waals surface area contributed by atoms with Crippen LogP contribution < -0.4 is 16.0 Å². The molecule has 0 fully saturated rings. The van der Waals surface area contributed by atoms with Crippen molar-refractivity contribution >= 4 is 23.4 Å². The molecule has 0 spiro atoms. The molecule has 3 rings (SSSR count). The summed E-state index contributed by atoms with van der Waals surface area (Å²) in [6, 6.07) is 7.02. The molecule has 7 nitrogen and oxygen atoms in total. The van der Waals surface area contributed by atoms with Crippen molar-refractivity contribution in [3.8, 4) is 0 Å². The largest absolute Gasteiger partial charge is 0.368 e. The first-order valence-electron chi connectivity index (χ1n) is 9.04. The van der Waals surface area contributed by atoms with Gasteiger partial charge in [0.15, 0.2) is 17.5 Å². The maximum absolute atomic E-state index is 13.7. The van der Waals surface area contributed by atoms with Crippen LogP contribution in [0.5, 0.6) is 0 Å². The van der Waals surface area contributed by atoms with E-state index in [-0.39, 0.29) is 13.1 Å². The van der Waals surface area contributed by atoms with Gasteiger partial charge in [0.25, 0.3) is 5.91 Å². The summed E-state index contributed by atoms with van der Waals surface area (Å²) in [5, 5.41) is 8.54. The number of carbonyl (C=O) groups excluding carboxylic acids is 1. The Morgan fingerprint density at radius 2 is 1.70 bits per heavy atom. The Bertz CT molecular complexity index is 1080. The number of rotatable bonds is 7. The van der Waals surface area contributed by atoms with Gasteiger partial charge in [0.05, 0.1) is 5.56 Å². The molecule has 0 aliphatic carbocycles. The van der Waals surface area contributed by atoms with E-state index < -0.39 is 28.9 Å². The molecule has 0 aliphatic heterocycles. The molecular formula is C20H19F3N6O. The van der Waals surface area contributed by atoms with Crippen LogP contribution in [0.1, 0.15) is 21.7 Å². The van der Waals surface area contributed by atoms with Crippen molar-refractivity contribution in [2.24, 2.45) is 0 Å². The topological polar surface area (TPSA) is 91.8 Å². The van der Waals surface area contributed by atoms with E-state index in [1.165, 1.54) is 0 Å². The van der Waals surface area contributed by atoms with Crippen molar-refractivity contribution in [1.29, 1.82) is 0 Å². The number of hydrogen-bond donors (Lipinski definition) is 3. The fourth-order valence-electron chi connectivity index (χ4n) is 2.62. The van der Waals surface area contributed by atoms with Crippen molar-refractivity contribution in [3.05, 3.63) is 70.9 Å². The number of halogens is 3. The van der Waals surface area contributed by atoms with Gasteiger partial charge in [-0.1, -0.05) is 0 Å². The molecule has 1 amide bonds. The summed E-state index contributed by atoms with van der Waals surface area (Å²) in [7, 11) is 0. The van der Waals surface area contributed by atoms with Crippen molar-refractivity contribution in [1.82, 2.24) is 20.3 Å². The predicted octanol–water partition coefficient (Wildman–Crippen LogP) is 3.49. The molecule has 0 saturated heterocycles. The Hall–Kier alpha value is -3.69. The third kappa shape index (κ3) is 5.22. The van der Waals surface area contributed by atoms with Gasteiger partial charge in [0, 0.05) is 25.4 Å². The van der Waals surface area contributed by atoms with Crippen LogP contribution in [-0.4, -0.2) is 33.9 Å². The molecule has 0 radical (unpaired) electrons. The van der Waals surface area contributed by atoms with E-state index in [9.17, 15) is 18.0 Å². The number of anilines is 3. The summed E-state index contributed by atoms with van der Waals surface area (Å²) >= 11 is 0. The first-order chi connectivity index (χ1) is 14.3. The van der Waals surface area contributed by atoms with Gasteiger partial charge < -0.3 is 16.0 Å². The Kier molecular flexibility index (Phi) is 6.45. The lowest BCUT2D eigenvalue weighted by atomic mass is 10.2. The highest BCUT2D eigenvalue weighted by Crippen LogP contribution is 2.17. The van der Waals surface area contributed by atoms with Crippen LogP contribution in [0, 0.1) is 31.3 Å². The van der Waals surface area contributed by atoms with Crippen LogP contribution in [0.15, 0.2) is 36.5 Å². The average molecular weight is 416 g/mol. The zero-order chi connectivity index (χ0) is 21.7. The van der Waals surface area contributed by atoms with Gasteiger partial charge in [0.1, 0.15) is 23.3 Å². The van der Waals surface area contributed by atoms with Gasteiger partial charge in [-0.3, -0.25) is 4.79 Å². The van der Waals surface area contributed by atoms with E-state index in [1.807, 2.05) is 19.1 Å². The van der Waals surface area contributed by atoms with E-state index in [0.717, 1.165) is 11.6 Å². The Morgan fingerprint density at radius 1 is 0.933 bits per heavy atom. The normalized spacial score (nSPS) is 10.6. The van der Waals surface area contributed by atoms with Crippen LogP contribution in [0.2, 0.25) is 0 Å². The summed E-state index contributed by atoms with van der Waals surface area (Å²) in [4.78, 5) is 24.7. The lowest BCUT2D eigenvalue weighted by Gasteiger charge is -2.11. The Labute approximate surface area is 170 Å². The number of pyridine rings is 1. The van der Waals surface area contributed by atoms with Crippen LogP contribution >= 0.6 is 0 Å². The second-order valence-electron chi connectivity index (χ2n) is 6.43. The van der Waals surface area contributed by atoms with Crippen LogP contribution in [0.25, 0.3) is 0 Å². The molecule has 30 heavy (non-hydrogen) atoms. The number of aryl methyl sites for hydroxylation is 2. The number of carbonyl (C=O) groups is 1. The monoisotopic (exact) mass is 416 g/mol. The molecule has 0 aliphatic rings. The molecule has 0 unspecified atom stereocenters. The summed E-state index contributed by atoms with van der Waals surface area (Å²) in [6.07, 6.45) is 1.68. The summed E-state index contributed by atoms with van der Waals surface area (Å²) < 4.78 is 39.9. The second kappa shape index (κ2) is 9.21. The maximum atomic E-state index is 13.7. The van der Waals surface area contributed by atoms with E-state index in [4.69, 9.17) is 0 Å². The molecular weight excluding hydrogens is 397 g/mol. The fraction of sp³-hybridized carbons (Fsp3) is 0.200. The van der Waals surface area contributed by atoms with E-state index in [2.05, 4.69) is 30.9 Å². The third-order valence-corrected chi connectivity index (χ3v) is 4.01. The standard InChI is InChI=1S/C20H19F3N6O/c1-11-5-6-24-15(9-11)29-17-10-16(27-12(2)28-17)25-7-8-26-20(30)13-3-4-14(21)19(23)18(13)22/h3-6,9-10H,7-8H2,1-2H3,(H,26,30)(H2,24,25,27,28,29). The molecule has 1 aromatic carbocycles. The van der Waals surface area contributed by atoms with Gasteiger partial charge >= 0.3 is 0 Å². The van der Waals surface area contributed by atoms with Crippen LogP contribution in [-0.2, 0) is 0 Å². The molecule has 10 heteroatoms. The van der Waals surface area contributed by atoms with Gasteiger partial charge in [-0.15, -0.1) is 0 Å². The SMILES string of the molecule is Cc1ccnc(Nc2cc(NCCNC(=O)c3ccc(F)c(F)c3F)nc(C)n2)c1. The third-order valence-electron chi connectivity index (χ3n) is 4.01. The zero-order valence-corrected chi connectivity index (χ0v) is 16.3. The van der Waals surface area contributed by atoms with Crippen LogP contribution in [0.4, 0.5) is 30.6 Å². The van der Waals surface area contributed by atoms with E-state index >= 15 is 0 Å². The number of nitrogens with zero attached hydrogens (tertiary/aromatic N) is 3. The van der Waals surface area contributed by atoms with Gasteiger partial charge in [-0.25, -0.2) is 28.1 Å². The predicted molar refractivity (Wildman–Crippen MR) is 106 cm³/mol. The molecule has 0 atom stereocenters. The summed E-state index contributed by atoms with van der Waals surface area (Å²) in [5.41, 5.74) is 0.480. The number of aromatic nitrogens is 3. The fourth-order valence-corrected chi connectivity index (χ4v) is 2.62. The van der Waals surface area contributed by atoms with Crippen molar-refractivity contribution in [3.63, 3.8) is 0 Å². The lowest BCUT2D eigenvalue weighted by Crippen LogP contribution is -2.30. The van der Waals surface area contributed by atoms with Gasteiger partial charge in [-0.05, 0) is 43.7 Å². The molecule has 0 bridgehead atoms. The van der Waals surface area contributed by atoms with E-state index in [1.54, 1.807) is 19.2 Å². The highest BCUT2D eigenvalue weighted by molar-refractivity contribution is 5.94. The molecule has 0 saturated carbocycles. The molecule has 3 aromatic rings. The minimum Gasteiger partial charge on any atom is -0.368 e. The van der Waals surface area contributed by atoms with Crippen molar-refractivity contribution < 1.29 is 18.0 Å². The minimum atomic E-state index is -1.68. The van der Waals surface area contributed by atoms with Crippen molar-refractivity contribution in [2.75, 3.05) is 23.7 Å². The highest BCUT2D eigenvalue weighted by Gasteiger charge is 2.18. The highest BCUT2D eigenvalue weighted by atomic mass is 19.2. The number of hydrogen-bond acceptors (Lipinski definition) is 6.